The molecule has 2 heterocycles. The number of aromatic carboxylic acids is 1. The molecule has 1 saturated heterocycles. The summed E-state index contributed by atoms with van der Waals surface area (Å²) in [6.07, 6.45) is 3.66. The van der Waals surface area contributed by atoms with Crippen LogP contribution in [0.2, 0.25) is 0 Å². The summed E-state index contributed by atoms with van der Waals surface area (Å²) in [5.41, 5.74) is 1.03. The van der Waals surface area contributed by atoms with Crippen LogP contribution < -0.4 is 0 Å². The molecular formula is C15H16N2O3. The lowest BCUT2D eigenvalue weighted by atomic mass is 10.2. The molecule has 5 nitrogen and oxygen atoms in total. The summed E-state index contributed by atoms with van der Waals surface area (Å²) < 4.78 is 1.74. The minimum absolute atomic E-state index is 0.0557. The maximum Gasteiger partial charge on any atom is 0.337 e. The van der Waals surface area contributed by atoms with Gasteiger partial charge in [-0.3, -0.25) is 4.79 Å². The van der Waals surface area contributed by atoms with Gasteiger partial charge in [0, 0.05) is 30.2 Å². The van der Waals surface area contributed by atoms with Crippen LogP contribution in [0, 0.1) is 0 Å². The molecule has 2 aromatic rings. The minimum Gasteiger partial charge on any atom is -0.478 e. The Morgan fingerprint density at radius 1 is 1.15 bits per heavy atom. The van der Waals surface area contributed by atoms with E-state index in [2.05, 4.69) is 0 Å². The number of carbonyl (C=O) groups is 2. The van der Waals surface area contributed by atoms with Crippen molar-refractivity contribution in [3.63, 3.8) is 0 Å². The van der Waals surface area contributed by atoms with E-state index in [4.69, 9.17) is 0 Å². The number of benzene rings is 1. The lowest BCUT2D eigenvalue weighted by Gasteiger charge is -2.15. The van der Waals surface area contributed by atoms with Gasteiger partial charge in [0.05, 0.1) is 5.56 Å². The Morgan fingerprint density at radius 2 is 1.85 bits per heavy atom. The van der Waals surface area contributed by atoms with Crippen molar-refractivity contribution < 1.29 is 14.7 Å². The van der Waals surface area contributed by atoms with E-state index in [-0.39, 0.29) is 18.0 Å². The van der Waals surface area contributed by atoms with Crippen LogP contribution in [-0.2, 0) is 11.3 Å². The Balaban J connectivity index is 1.95. The number of nitrogens with zero attached hydrogens (tertiary/aromatic N) is 2. The summed E-state index contributed by atoms with van der Waals surface area (Å²) in [6.45, 7) is 1.82. The van der Waals surface area contributed by atoms with Crippen molar-refractivity contribution in [3.05, 3.63) is 36.0 Å². The average molecular weight is 272 g/mol. The van der Waals surface area contributed by atoms with Crippen molar-refractivity contribution in [1.82, 2.24) is 9.47 Å². The molecule has 1 amide bonds. The van der Waals surface area contributed by atoms with Crippen LogP contribution in [0.25, 0.3) is 10.9 Å². The molecule has 0 spiro atoms. The van der Waals surface area contributed by atoms with E-state index in [9.17, 15) is 14.7 Å². The zero-order valence-electron chi connectivity index (χ0n) is 11.1. The van der Waals surface area contributed by atoms with E-state index in [1.807, 2.05) is 17.0 Å². The Labute approximate surface area is 116 Å². The Hall–Kier alpha value is -2.30. The Morgan fingerprint density at radius 3 is 2.55 bits per heavy atom. The van der Waals surface area contributed by atoms with Crippen molar-refractivity contribution >= 4 is 22.8 Å². The van der Waals surface area contributed by atoms with Gasteiger partial charge in [0.1, 0.15) is 6.54 Å². The summed E-state index contributed by atoms with van der Waals surface area (Å²) in [4.78, 5) is 25.3. The van der Waals surface area contributed by atoms with Crippen LogP contribution in [0.3, 0.4) is 0 Å². The number of carbonyl (C=O) groups excluding carboxylic acids is 1. The molecule has 0 saturated carbocycles. The van der Waals surface area contributed by atoms with E-state index in [1.165, 1.54) is 0 Å². The fourth-order valence-corrected chi connectivity index (χ4v) is 2.76. The van der Waals surface area contributed by atoms with E-state index in [0.717, 1.165) is 31.4 Å². The molecule has 20 heavy (non-hydrogen) atoms. The number of carboxylic acid groups (broad SMARTS) is 1. The fraction of sp³-hybridized carbons (Fsp3) is 0.333. The predicted molar refractivity (Wildman–Crippen MR) is 74.7 cm³/mol. The average Bonchev–Trinajstić information content (AvgIpc) is 3.07. The van der Waals surface area contributed by atoms with Crippen molar-refractivity contribution in [1.29, 1.82) is 0 Å². The molecule has 1 fully saturated rings. The molecule has 1 N–H and O–H groups in total. The molecule has 0 aliphatic carbocycles. The monoisotopic (exact) mass is 272 g/mol. The molecule has 5 heteroatoms. The van der Waals surface area contributed by atoms with Crippen LogP contribution in [0.15, 0.2) is 30.5 Å². The first-order valence-electron chi connectivity index (χ1n) is 6.76. The minimum atomic E-state index is -0.964. The van der Waals surface area contributed by atoms with E-state index < -0.39 is 5.97 Å². The molecular weight excluding hydrogens is 256 g/mol. The zero-order valence-corrected chi connectivity index (χ0v) is 11.1. The quantitative estimate of drug-likeness (QED) is 0.929. The standard InChI is InChI=1S/C15H16N2O3/c18-14(16-7-3-4-8-16)10-17-9-12(15(19)20)11-5-1-2-6-13(11)17/h1-2,5-6,9H,3-4,7-8,10H2,(H,19,20). The van der Waals surface area contributed by atoms with Gasteiger partial charge in [-0.05, 0) is 18.9 Å². The highest BCUT2D eigenvalue weighted by atomic mass is 16.4. The van der Waals surface area contributed by atoms with Gasteiger partial charge in [0.2, 0.25) is 5.91 Å². The first-order chi connectivity index (χ1) is 9.66. The largest absolute Gasteiger partial charge is 0.478 e. The number of carboxylic acids is 1. The topological polar surface area (TPSA) is 62.5 Å². The van der Waals surface area contributed by atoms with Crippen molar-refractivity contribution in [2.45, 2.75) is 19.4 Å². The van der Waals surface area contributed by atoms with Gasteiger partial charge in [0.25, 0.3) is 0 Å². The number of hydrogen-bond acceptors (Lipinski definition) is 2. The third kappa shape index (κ3) is 2.15. The van der Waals surface area contributed by atoms with Crippen LogP contribution in [-0.4, -0.2) is 39.5 Å². The lowest BCUT2D eigenvalue weighted by molar-refractivity contribution is -0.130. The molecule has 0 bridgehead atoms. The third-order valence-electron chi connectivity index (χ3n) is 3.78. The van der Waals surface area contributed by atoms with Gasteiger partial charge in [-0.15, -0.1) is 0 Å². The van der Waals surface area contributed by atoms with Gasteiger partial charge in [-0.2, -0.15) is 0 Å². The first kappa shape index (κ1) is 12.7. The molecule has 1 aromatic heterocycles. The summed E-state index contributed by atoms with van der Waals surface area (Å²) in [6, 6.07) is 7.28. The summed E-state index contributed by atoms with van der Waals surface area (Å²) in [5.74, 6) is -0.909. The van der Waals surface area contributed by atoms with Crippen LogP contribution in [0.1, 0.15) is 23.2 Å². The van der Waals surface area contributed by atoms with Crippen LogP contribution in [0.5, 0.6) is 0 Å². The number of para-hydroxylation sites is 1. The third-order valence-corrected chi connectivity index (χ3v) is 3.78. The Bertz CT molecular complexity index is 669. The van der Waals surface area contributed by atoms with Crippen LogP contribution in [0.4, 0.5) is 0 Å². The highest BCUT2D eigenvalue weighted by Crippen LogP contribution is 2.21. The number of fused-ring (bicyclic) bond motifs is 1. The lowest BCUT2D eigenvalue weighted by Crippen LogP contribution is -2.30. The summed E-state index contributed by atoms with van der Waals surface area (Å²) in [5, 5.41) is 9.91. The normalized spacial score (nSPS) is 14.9. The molecule has 1 aliphatic rings. The highest BCUT2D eigenvalue weighted by molar-refractivity contribution is 6.03. The molecule has 1 aliphatic heterocycles. The highest BCUT2D eigenvalue weighted by Gasteiger charge is 2.20. The van der Waals surface area contributed by atoms with Crippen LogP contribution >= 0.6 is 0 Å². The number of rotatable bonds is 3. The maximum atomic E-state index is 12.2. The summed E-state index contributed by atoms with van der Waals surface area (Å²) in [7, 11) is 0. The second-order valence-electron chi connectivity index (χ2n) is 5.08. The van der Waals surface area contributed by atoms with Gasteiger partial charge in [0.15, 0.2) is 0 Å². The van der Waals surface area contributed by atoms with Gasteiger partial charge < -0.3 is 14.6 Å². The van der Waals surface area contributed by atoms with E-state index in [1.54, 1.807) is 22.9 Å². The Kier molecular flexibility index (Phi) is 3.18. The second-order valence-corrected chi connectivity index (χ2v) is 5.08. The smallest absolute Gasteiger partial charge is 0.337 e. The molecule has 1 aromatic carbocycles. The van der Waals surface area contributed by atoms with E-state index in [0.29, 0.717) is 5.39 Å². The zero-order chi connectivity index (χ0) is 14.1. The van der Waals surface area contributed by atoms with Crippen molar-refractivity contribution in [2.24, 2.45) is 0 Å². The van der Waals surface area contributed by atoms with Crippen molar-refractivity contribution in [3.8, 4) is 0 Å². The van der Waals surface area contributed by atoms with Gasteiger partial charge >= 0.3 is 5.97 Å². The molecule has 0 unspecified atom stereocenters. The van der Waals surface area contributed by atoms with E-state index >= 15 is 0 Å². The number of aromatic nitrogens is 1. The molecule has 0 radical (unpaired) electrons. The second kappa shape index (κ2) is 5.00. The molecule has 3 rings (SSSR count). The first-order valence-corrected chi connectivity index (χ1v) is 6.76. The van der Waals surface area contributed by atoms with Gasteiger partial charge in [-0.1, -0.05) is 18.2 Å². The molecule has 0 atom stereocenters. The SMILES string of the molecule is O=C(O)c1cn(CC(=O)N2CCCC2)c2ccccc12. The maximum absolute atomic E-state index is 12.2. The number of hydrogen-bond donors (Lipinski definition) is 1. The fourth-order valence-electron chi connectivity index (χ4n) is 2.76. The molecule has 104 valence electrons. The summed E-state index contributed by atoms with van der Waals surface area (Å²) >= 11 is 0. The number of amides is 1. The number of likely N-dealkylation sites (tertiary alicyclic amines) is 1. The van der Waals surface area contributed by atoms with Gasteiger partial charge in [-0.25, -0.2) is 4.79 Å². The van der Waals surface area contributed by atoms with Crippen molar-refractivity contribution in [2.75, 3.05) is 13.1 Å². The predicted octanol–water partition coefficient (Wildman–Crippen LogP) is 1.96.